The van der Waals surface area contributed by atoms with E-state index in [0.717, 1.165) is 12.4 Å². The molecule has 1 aromatic heterocycles. The molecule has 0 bridgehead atoms. The molecule has 1 aliphatic rings. The predicted octanol–water partition coefficient (Wildman–Crippen LogP) is 1.87. The van der Waals surface area contributed by atoms with Crippen molar-refractivity contribution in [2.45, 2.75) is 45.6 Å². The minimum absolute atomic E-state index is 0.591. The van der Waals surface area contributed by atoms with Gasteiger partial charge in [0.15, 0.2) is 0 Å². The maximum absolute atomic E-state index is 4.21. The van der Waals surface area contributed by atoms with Crippen molar-refractivity contribution in [3.8, 4) is 0 Å². The molecule has 1 unspecified atom stereocenters. The molecule has 0 aliphatic carbocycles. The predicted molar refractivity (Wildman–Crippen MR) is 47.0 cm³/mol. The topological polar surface area (TPSA) is 30.7 Å². The van der Waals surface area contributed by atoms with Crippen molar-refractivity contribution in [1.82, 2.24) is 14.8 Å². The lowest BCUT2D eigenvalue weighted by Crippen LogP contribution is -2.04. The average Bonchev–Trinajstić information content (AvgIpc) is 2.30. The van der Waals surface area contributed by atoms with Gasteiger partial charge in [0.25, 0.3) is 0 Å². The first-order chi connectivity index (χ1) is 5.79. The first-order valence-corrected chi connectivity index (χ1v) is 4.68. The zero-order valence-electron chi connectivity index (χ0n) is 7.75. The third-order valence-corrected chi connectivity index (χ3v) is 2.67. The number of nitrogens with zero attached hydrogens (tertiary/aromatic N) is 3. The van der Waals surface area contributed by atoms with Crippen molar-refractivity contribution < 1.29 is 0 Å². The van der Waals surface area contributed by atoms with Crippen LogP contribution < -0.4 is 0 Å². The van der Waals surface area contributed by atoms with Gasteiger partial charge in [0.1, 0.15) is 11.6 Å². The quantitative estimate of drug-likeness (QED) is 0.587. The standard InChI is InChI=1S/C9H15N3/c1-7-5-3-4-6-12-8(2)10-11-9(7)12/h7H,3-6H2,1-2H3. The van der Waals surface area contributed by atoms with Gasteiger partial charge in [-0.25, -0.2) is 0 Å². The Hall–Kier alpha value is -0.860. The SMILES string of the molecule is Cc1nnc2n1CCCCC2C. The van der Waals surface area contributed by atoms with E-state index >= 15 is 0 Å². The van der Waals surface area contributed by atoms with Gasteiger partial charge in [0.05, 0.1) is 0 Å². The Morgan fingerprint density at radius 3 is 3.00 bits per heavy atom. The van der Waals surface area contributed by atoms with Gasteiger partial charge in [-0.1, -0.05) is 13.3 Å². The summed E-state index contributed by atoms with van der Waals surface area (Å²) >= 11 is 0. The number of aromatic nitrogens is 3. The molecular weight excluding hydrogens is 150 g/mol. The summed E-state index contributed by atoms with van der Waals surface area (Å²) in [4.78, 5) is 0. The second kappa shape index (κ2) is 2.88. The highest BCUT2D eigenvalue weighted by molar-refractivity contribution is 5.01. The molecule has 3 nitrogen and oxygen atoms in total. The second-order valence-corrected chi connectivity index (χ2v) is 3.65. The van der Waals surface area contributed by atoms with Crippen LogP contribution in [0, 0.1) is 6.92 Å². The summed E-state index contributed by atoms with van der Waals surface area (Å²) in [6, 6.07) is 0. The van der Waals surface area contributed by atoms with E-state index in [1.54, 1.807) is 0 Å². The minimum atomic E-state index is 0.591. The van der Waals surface area contributed by atoms with Gasteiger partial charge >= 0.3 is 0 Å². The Balaban J connectivity index is 2.41. The van der Waals surface area contributed by atoms with Gasteiger partial charge in [0.2, 0.25) is 0 Å². The smallest absolute Gasteiger partial charge is 0.135 e. The van der Waals surface area contributed by atoms with E-state index in [0.29, 0.717) is 5.92 Å². The molecule has 1 atom stereocenters. The normalized spacial score (nSPS) is 23.3. The lowest BCUT2D eigenvalue weighted by Gasteiger charge is -2.06. The monoisotopic (exact) mass is 165 g/mol. The molecule has 0 radical (unpaired) electrons. The van der Waals surface area contributed by atoms with Crippen LogP contribution in [0.5, 0.6) is 0 Å². The van der Waals surface area contributed by atoms with E-state index < -0.39 is 0 Å². The van der Waals surface area contributed by atoms with Crippen LogP contribution in [-0.2, 0) is 6.54 Å². The number of hydrogen-bond donors (Lipinski definition) is 0. The summed E-state index contributed by atoms with van der Waals surface area (Å²) in [5.74, 6) is 2.84. The zero-order chi connectivity index (χ0) is 8.55. The van der Waals surface area contributed by atoms with E-state index in [9.17, 15) is 0 Å². The van der Waals surface area contributed by atoms with E-state index in [1.807, 2.05) is 6.92 Å². The molecule has 0 aromatic carbocycles. The van der Waals surface area contributed by atoms with E-state index in [2.05, 4.69) is 21.7 Å². The van der Waals surface area contributed by atoms with Crippen LogP contribution in [-0.4, -0.2) is 14.8 Å². The number of hydrogen-bond acceptors (Lipinski definition) is 2. The molecule has 0 spiro atoms. The fourth-order valence-corrected chi connectivity index (χ4v) is 1.89. The van der Waals surface area contributed by atoms with E-state index in [4.69, 9.17) is 0 Å². The molecule has 0 N–H and O–H groups in total. The van der Waals surface area contributed by atoms with Gasteiger partial charge in [-0.05, 0) is 19.8 Å². The Kier molecular flexibility index (Phi) is 1.87. The van der Waals surface area contributed by atoms with Crippen LogP contribution in [0.2, 0.25) is 0 Å². The minimum Gasteiger partial charge on any atom is -0.315 e. The maximum Gasteiger partial charge on any atom is 0.135 e. The highest BCUT2D eigenvalue weighted by Crippen LogP contribution is 2.24. The van der Waals surface area contributed by atoms with Gasteiger partial charge in [-0.3, -0.25) is 0 Å². The van der Waals surface area contributed by atoms with Crippen LogP contribution in [0.4, 0.5) is 0 Å². The lowest BCUT2D eigenvalue weighted by atomic mass is 10.1. The van der Waals surface area contributed by atoms with Crippen LogP contribution in [0.1, 0.15) is 43.8 Å². The van der Waals surface area contributed by atoms with E-state index in [-0.39, 0.29) is 0 Å². The third kappa shape index (κ3) is 1.13. The van der Waals surface area contributed by atoms with Crippen LogP contribution in [0.25, 0.3) is 0 Å². The molecule has 2 heterocycles. The second-order valence-electron chi connectivity index (χ2n) is 3.65. The Morgan fingerprint density at radius 2 is 2.17 bits per heavy atom. The molecule has 66 valence electrons. The fourth-order valence-electron chi connectivity index (χ4n) is 1.89. The molecule has 3 heteroatoms. The average molecular weight is 165 g/mol. The van der Waals surface area contributed by atoms with Crippen molar-refractivity contribution in [3.63, 3.8) is 0 Å². The van der Waals surface area contributed by atoms with Gasteiger partial charge in [0, 0.05) is 12.5 Å². The van der Waals surface area contributed by atoms with Crippen molar-refractivity contribution in [2.24, 2.45) is 0 Å². The molecule has 0 saturated carbocycles. The molecular formula is C9H15N3. The number of aryl methyl sites for hydroxylation is 1. The molecule has 1 aromatic rings. The van der Waals surface area contributed by atoms with Gasteiger partial charge in [-0.15, -0.1) is 10.2 Å². The molecule has 0 saturated heterocycles. The zero-order valence-corrected chi connectivity index (χ0v) is 7.75. The van der Waals surface area contributed by atoms with Crippen molar-refractivity contribution >= 4 is 0 Å². The highest BCUT2D eigenvalue weighted by Gasteiger charge is 2.17. The summed E-state index contributed by atoms with van der Waals surface area (Å²) in [6.07, 6.45) is 3.86. The molecule has 1 aliphatic heterocycles. The third-order valence-electron chi connectivity index (χ3n) is 2.67. The summed E-state index contributed by atoms with van der Waals surface area (Å²) in [5.41, 5.74) is 0. The first kappa shape index (κ1) is 7.77. The highest BCUT2D eigenvalue weighted by atomic mass is 15.3. The van der Waals surface area contributed by atoms with Crippen LogP contribution in [0.15, 0.2) is 0 Å². The van der Waals surface area contributed by atoms with Gasteiger partial charge < -0.3 is 4.57 Å². The van der Waals surface area contributed by atoms with E-state index in [1.165, 1.54) is 25.1 Å². The van der Waals surface area contributed by atoms with Crippen LogP contribution >= 0.6 is 0 Å². The summed E-state index contributed by atoms with van der Waals surface area (Å²) in [5, 5.41) is 8.31. The summed E-state index contributed by atoms with van der Waals surface area (Å²) in [7, 11) is 0. The Labute approximate surface area is 72.8 Å². The number of rotatable bonds is 0. The van der Waals surface area contributed by atoms with Crippen molar-refractivity contribution in [3.05, 3.63) is 11.6 Å². The molecule has 2 rings (SSSR count). The largest absolute Gasteiger partial charge is 0.315 e. The van der Waals surface area contributed by atoms with Crippen LogP contribution in [0.3, 0.4) is 0 Å². The van der Waals surface area contributed by atoms with Crippen molar-refractivity contribution in [1.29, 1.82) is 0 Å². The molecule has 12 heavy (non-hydrogen) atoms. The Bertz CT molecular complexity index is 277. The molecule has 0 amide bonds. The lowest BCUT2D eigenvalue weighted by molar-refractivity contribution is 0.612. The first-order valence-electron chi connectivity index (χ1n) is 4.68. The number of fused-ring (bicyclic) bond motifs is 1. The summed E-state index contributed by atoms with van der Waals surface area (Å²) in [6.45, 7) is 5.39. The summed E-state index contributed by atoms with van der Waals surface area (Å²) < 4.78 is 2.26. The van der Waals surface area contributed by atoms with Crippen molar-refractivity contribution in [2.75, 3.05) is 0 Å². The molecule has 0 fully saturated rings. The Morgan fingerprint density at radius 1 is 1.33 bits per heavy atom. The van der Waals surface area contributed by atoms with Gasteiger partial charge in [-0.2, -0.15) is 0 Å². The maximum atomic E-state index is 4.21. The fraction of sp³-hybridized carbons (Fsp3) is 0.778.